The molecule has 27 heavy (non-hydrogen) atoms. The molecule has 0 spiro atoms. The van der Waals surface area contributed by atoms with E-state index in [0.29, 0.717) is 27.1 Å². The number of rotatable bonds is 5. The molecule has 0 bridgehead atoms. The lowest BCUT2D eigenvalue weighted by Gasteiger charge is -2.01. The van der Waals surface area contributed by atoms with Gasteiger partial charge in [0.15, 0.2) is 4.80 Å². The first kappa shape index (κ1) is 18.4. The van der Waals surface area contributed by atoms with Crippen LogP contribution in [0.1, 0.15) is 5.56 Å². The Morgan fingerprint density at radius 2 is 2.04 bits per heavy atom. The van der Waals surface area contributed by atoms with Gasteiger partial charge in [-0.15, -0.1) is 6.58 Å². The zero-order valence-electron chi connectivity index (χ0n) is 14.0. The van der Waals surface area contributed by atoms with Gasteiger partial charge in [0.1, 0.15) is 5.82 Å². The molecule has 0 fully saturated rings. The van der Waals surface area contributed by atoms with Crippen molar-refractivity contribution in [2.24, 2.45) is 4.99 Å². The summed E-state index contributed by atoms with van der Waals surface area (Å²) < 4.78 is 16.4. The standard InChI is InChI=1S/C19H14FN3O3S/c1-2-12-22-18-15(20)4-3-5-16(18)27-19(22)21-17(24)11-8-13-6-9-14(10-7-13)23(25)26/h2-11H,1,12H2. The summed E-state index contributed by atoms with van der Waals surface area (Å²) in [6.45, 7) is 3.98. The highest BCUT2D eigenvalue weighted by atomic mass is 32.1. The molecule has 0 N–H and O–H groups in total. The van der Waals surface area contributed by atoms with Gasteiger partial charge in [0.2, 0.25) is 0 Å². The number of nitro groups is 1. The summed E-state index contributed by atoms with van der Waals surface area (Å²) in [5, 5.41) is 10.6. The Balaban J connectivity index is 1.92. The van der Waals surface area contributed by atoms with Gasteiger partial charge >= 0.3 is 0 Å². The minimum absolute atomic E-state index is 0.0269. The second-order valence-corrected chi connectivity index (χ2v) is 6.51. The van der Waals surface area contributed by atoms with Gasteiger partial charge < -0.3 is 4.57 Å². The number of para-hydroxylation sites is 1. The van der Waals surface area contributed by atoms with Gasteiger partial charge in [-0.05, 0) is 35.9 Å². The highest BCUT2D eigenvalue weighted by Gasteiger charge is 2.10. The van der Waals surface area contributed by atoms with Crippen LogP contribution in [0.25, 0.3) is 16.3 Å². The lowest BCUT2D eigenvalue weighted by Crippen LogP contribution is -2.16. The largest absolute Gasteiger partial charge is 0.310 e. The van der Waals surface area contributed by atoms with Crippen LogP contribution in [0.3, 0.4) is 0 Å². The quantitative estimate of drug-likeness (QED) is 0.288. The van der Waals surface area contributed by atoms with Crippen LogP contribution in [0.2, 0.25) is 0 Å². The highest BCUT2D eigenvalue weighted by molar-refractivity contribution is 7.16. The molecule has 0 saturated carbocycles. The molecule has 2 aromatic carbocycles. The van der Waals surface area contributed by atoms with Crippen LogP contribution >= 0.6 is 11.3 Å². The molecule has 0 atom stereocenters. The molecule has 6 nitrogen and oxygen atoms in total. The van der Waals surface area contributed by atoms with E-state index >= 15 is 0 Å². The van der Waals surface area contributed by atoms with E-state index in [-0.39, 0.29) is 11.5 Å². The van der Waals surface area contributed by atoms with Gasteiger partial charge in [-0.1, -0.05) is 23.5 Å². The van der Waals surface area contributed by atoms with E-state index in [1.807, 2.05) is 0 Å². The number of amides is 1. The summed E-state index contributed by atoms with van der Waals surface area (Å²) in [4.78, 5) is 26.8. The Kier molecular flexibility index (Phi) is 5.37. The van der Waals surface area contributed by atoms with E-state index in [1.165, 1.54) is 53.8 Å². The number of thiazole rings is 1. The van der Waals surface area contributed by atoms with E-state index in [2.05, 4.69) is 11.6 Å². The molecule has 0 aliphatic carbocycles. The van der Waals surface area contributed by atoms with Gasteiger partial charge in [0.05, 0.1) is 15.1 Å². The van der Waals surface area contributed by atoms with Gasteiger partial charge in [0.25, 0.3) is 11.6 Å². The van der Waals surface area contributed by atoms with Crippen LogP contribution in [-0.4, -0.2) is 15.4 Å². The Labute approximate surface area is 157 Å². The van der Waals surface area contributed by atoms with Crippen LogP contribution in [0.15, 0.2) is 66.2 Å². The number of carbonyl (C=O) groups is 1. The van der Waals surface area contributed by atoms with Crippen molar-refractivity contribution in [3.63, 3.8) is 0 Å². The Hall–Kier alpha value is -3.39. The predicted octanol–water partition coefficient (Wildman–Crippen LogP) is 4.08. The third-order valence-corrected chi connectivity index (χ3v) is 4.74. The third-order valence-electron chi connectivity index (χ3n) is 3.69. The average Bonchev–Trinajstić information content (AvgIpc) is 2.99. The van der Waals surface area contributed by atoms with Crippen molar-refractivity contribution in [2.75, 3.05) is 0 Å². The normalized spacial score (nSPS) is 12.0. The number of allylic oxidation sites excluding steroid dienone is 1. The molecule has 3 aromatic rings. The predicted molar refractivity (Wildman–Crippen MR) is 103 cm³/mol. The summed E-state index contributed by atoms with van der Waals surface area (Å²) >= 11 is 1.21. The summed E-state index contributed by atoms with van der Waals surface area (Å²) in [5.74, 6) is -0.904. The maximum absolute atomic E-state index is 14.1. The number of nitrogens with zero attached hydrogens (tertiary/aromatic N) is 3. The molecule has 0 aliphatic heterocycles. The first-order valence-corrected chi connectivity index (χ1v) is 8.71. The van der Waals surface area contributed by atoms with Gasteiger partial charge in [-0.25, -0.2) is 4.39 Å². The molecule has 0 unspecified atom stereocenters. The summed E-state index contributed by atoms with van der Waals surface area (Å²) in [6, 6.07) is 10.5. The van der Waals surface area contributed by atoms with Crippen LogP contribution in [0.4, 0.5) is 10.1 Å². The first-order valence-electron chi connectivity index (χ1n) is 7.89. The van der Waals surface area contributed by atoms with E-state index in [1.54, 1.807) is 22.8 Å². The van der Waals surface area contributed by atoms with Crippen LogP contribution < -0.4 is 4.80 Å². The van der Waals surface area contributed by atoms with Crippen molar-refractivity contribution in [3.8, 4) is 0 Å². The Morgan fingerprint density at radius 1 is 1.30 bits per heavy atom. The molecule has 3 rings (SSSR count). The lowest BCUT2D eigenvalue weighted by atomic mass is 10.2. The smallest absolute Gasteiger partial charge is 0.272 e. The van der Waals surface area contributed by atoms with Crippen molar-refractivity contribution in [2.45, 2.75) is 6.54 Å². The van der Waals surface area contributed by atoms with Crippen molar-refractivity contribution in [1.29, 1.82) is 0 Å². The number of nitro benzene ring substituents is 1. The highest BCUT2D eigenvalue weighted by Crippen LogP contribution is 2.20. The number of hydrogen-bond donors (Lipinski definition) is 0. The molecule has 0 aliphatic rings. The van der Waals surface area contributed by atoms with Crippen molar-refractivity contribution in [1.82, 2.24) is 4.57 Å². The van der Waals surface area contributed by atoms with Crippen LogP contribution in [-0.2, 0) is 11.3 Å². The third kappa shape index (κ3) is 4.06. The van der Waals surface area contributed by atoms with Gasteiger partial charge in [-0.3, -0.25) is 14.9 Å². The molecule has 8 heteroatoms. The SMILES string of the molecule is C=CCn1c(=NC(=O)C=Cc2ccc([N+](=O)[O-])cc2)sc2cccc(F)c21. The minimum atomic E-state index is -0.516. The van der Waals surface area contributed by atoms with E-state index in [9.17, 15) is 19.3 Å². The summed E-state index contributed by atoms with van der Waals surface area (Å²) in [6.07, 6.45) is 4.39. The number of fused-ring (bicyclic) bond motifs is 1. The zero-order valence-corrected chi connectivity index (χ0v) is 14.9. The van der Waals surface area contributed by atoms with Gasteiger partial charge in [-0.2, -0.15) is 4.99 Å². The van der Waals surface area contributed by atoms with Crippen molar-refractivity contribution >= 4 is 39.2 Å². The average molecular weight is 383 g/mol. The number of aromatic nitrogens is 1. The molecule has 1 heterocycles. The maximum Gasteiger partial charge on any atom is 0.272 e. The number of non-ortho nitro benzene ring substituents is 1. The second-order valence-electron chi connectivity index (χ2n) is 5.50. The van der Waals surface area contributed by atoms with E-state index in [0.717, 1.165) is 0 Å². The number of hydrogen-bond acceptors (Lipinski definition) is 4. The number of carbonyl (C=O) groups excluding carboxylic acids is 1. The number of benzene rings is 2. The fourth-order valence-electron chi connectivity index (χ4n) is 2.48. The summed E-state index contributed by atoms with van der Waals surface area (Å²) in [7, 11) is 0. The molecule has 1 aromatic heterocycles. The minimum Gasteiger partial charge on any atom is -0.310 e. The molecule has 1 amide bonds. The molecule has 0 radical (unpaired) electrons. The van der Waals surface area contributed by atoms with Gasteiger partial charge in [0, 0.05) is 24.8 Å². The lowest BCUT2D eigenvalue weighted by molar-refractivity contribution is -0.384. The summed E-state index contributed by atoms with van der Waals surface area (Å²) in [5.41, 5.74) is 0.986. The van der Waals surface area contributed by atoms with Crippen molar-refractivity contribution < 1.29 is 14.1 Å². The fraction of sp³-hybridized carbons (Fsp3) is 0.0526. The zero-order chi connectivity index (χ0) is 19.4. The van der Waals surface area contributed by atoms with Crippen LogP contribution in [0.5, 0.6) is 0 Å². The molecule has 0 saturated heterocycles. The van der Waals surface area contributed by atoms with E-state index < -0.39 is 10.8 Å². The topological polar surface area (TPSA) is 77.5 Å². The second kappa shape index (κ2) is 7.88. The Bertz CT molecular complexity index is 1130. The van der Waals surface area contributed by atoms with Crippen molar-refractivity contribution in [3.05, 3.63) is 87.5 Å². The molecule has 136 valence electrons. The molecular formula is C19H14FN3O3S. The fourth-order valence-corrected chi connectivity index (χ4v) is 3.54. The first-order chi connectivity index (χ1) is 13.0. The number of halogens is 1. The maximum atomic E-state index is 14.1. The monoisotopic (exact) mass is 383 g/mol. The molecular weight excluding hydrogens is 369 g/mol. The Morgan fingerprint density at radius 3 is 2.70 bits per heavy atom. The van der Waals surface area contributed by atoms with Crippen LogP contribution in [0, 0.1) is 15.9 Å². The van der Waals surface area contributed by atoms with E-state index in [4.69, 9.17) is 0 Å².